The van der Waals surface area contributed by atoms with E-state index >= 15 is 0 Å². The monoisotopic (exact) mass is 171 g/mol. The minimum absolute atomic E-state index is 0.413. The third-order valence-electron chi connectivity index (χ3n) is 2.05. The van der Waals surface area contributed by atoms with Gasteiger partial charge in [-0.15, -0.1) is 0 Å². The Kier molecular flexibility index (Phi) is 9.02. The molecule has 1 unspecified atom stereocenters. The molecule has 0 bridgehead atoms. The van der Waals surface area contributed by atoms with Crippen LogP contribution in [-0.2, 0) is 4.74 Å². The Hall–Kier alpha value is -0.0400. The molecule has 0 aromatic carbocycles. The Labute approximate surface area is 77.5 Å². The van der Waals surface area contributed by atoms with E-state index in [4.69, 9.17) is 4.74 Å². The summed E-state index contributed by atoms with van der Waals surface area (Å²) in [6.07, 6.45) is 7.45. The van der Waals surface area contributed by atoms with E-state index in [9.17, 15) is 0 Å². The summed E-state index contributed by atoms with van der Waals surface area (Å²) in [6.45, 7) is 9.21. The van der Waals surface area contributed by atoms with Crippen molar-refractivity contribution >= 4 is 0 Å². The van der Waals surface area contributed by atoms with Gasteiger partial charge in [-0.25, -0.2) is 0 Å². The summed E-state index contributed by atoms with van der Waals surface area (Å²) in [4.78, 5) is 0. The fourth-order valence-corrected chi connectivity index (χ4v) is 1.14. The molecule has 0 heterocycles. The first-order valence-electron chi connectivity index (χ1n) is 5.26. The van der Waals surface area contributed by atoms with Crippen LogP contribution in [0.15, 0.2) is 0 Å². The van der Waals surface area contributed by atoms with Gasteiger partial charge >= 0.3 is 0 Å². The topological polar surface area (TPSA) is 9.23 Å². The highest BCUT2D eigenvalue weighted by molar-refractivity contribution is 4.59. The zero-order valence-corrected chi connectivity index (χ0v) is 8.64. The van der Waals surface area contributed by atoms with Gasteiger partial charge in [-0.2, -0.15) is 0 Å². The lowest BCUT2D eigenvalue weighted by molar-refractivity contribution is 0.0458. The molecule has 0 N–H and O–H groups in total. The van der Waals surface area contributed by atoms with E-state index in [1.54, 1.807) is 0 Å². The molecule has 0 aliphatic rings. The maximum Gasteiger partial charge on any atom is 0.0575 e. The number of hydrogen-bond acceptors (Lipinski definition) is 1. The van der Waals surface area contributed by atoms with Gasteiger partial charge in [-0.3, -0.25) is 0 Å². The Balaban J connectivity index is 3.26. The van der Waals surface area contributed by atoms with Crippen LogP contribution in [0.3, 0.4) is 0 Å². The molecular weight excluding hydrogens is 148 g/mol. The Morgan fingerprint density at radius 3 is 2.33 bits per heavy atom. The van der Waals surface area contributed by atoms with Crippen molar-refractivity contribution in [2.45, 2.75) is 58.5 Å². The van der Waals surface area contributed by atoms with Crippen LogP contribution in [0.2, 0.25) is 0 Å². The first-order chi connectivity index (χ1) is 5.85. The van der Waals surface area contributed by atoms with Crippen molar-refractivity contribution in [1.82, 2.24) is 0 Å². The Bertz CT molecular complexity index is 81.1. The molecule has 1 heteroatoms. The van der Waals surface area contributed by atoms with E-state index < -0.39 is 0 Å². The molecule has 12 heavy (non-hydrogen) atoms. The smallest absolute Gasteiger partial charge is 0.0575 e. The SMILES string of the molecule is [CH2]CC(CCCC)OCCCC. The molecule has 0 spiro atoms. The molecule has 0 saturated carbocycles. The van der Waals surface area contributed by atoms with E-state index in [1.807, 2.05) is 0 Å². The van der Waals surface area contributed by atoms with E-state index in [-0.39, 0.29) is 0 Å². The summed E-state index contributed by atoms with van der Waals surface area (Å²) >= 11 is 0. The van der Waals surface area contributed by atoms with Crippen molar-refractivity contribution < 1.29 is 4.74 Å². The van der Waals surface area contributed by atoms with E-state index in [1.165, 1.54) is 32.1 Å². The second kappa shape index (κ2) is 9.05. The first kappa shape index (κ1) is 12.0. The van der Waals surface area contributed by atoms with Gasteiger partial charge in [0.05, 0.1) is 6.10 Å². The van der Waals surface area contributed by atoms with Crippen LogP contribution in [-0.4, -0.2) is 12.7 Å². The van der Waals surface area contributed by atoms with Crippen LogP contribution in [0.1, 0.15) is 52.4 Å². The molecule has 1 nitrogen and oxygen atoms in total. The van der Waals surface area contributed by atoms with Crippen LogP contribution in [0.5, 0.6) is 0 Å². The van der Waals surface area contributed by atoms with Gasteiger partial charge in [-0.1, -0.05) is 40.0 Å². The molecule has 0 amide bonds. The minimum atomic E-state index is 0.413. The van der Waals surface area contributed by atoms with E-state index in [0.717, 1.165) is 13.0 Å². The predicted molar refractivity (Wildman–Crippen MR) is 54.1 cm³/mol. The molecule has 0 fully saturated rings. The molecule has 0 aliphatic heterocycles. The fraction of sp³-hybridized carbons (Fsp3) is 0.909. The Morgan fingerprint density at radius 2 is 1.83 bits per heavy atom. The zero-order valence-electron chi connectivity index (χ0n) is 8.64. The van der Waals surface area contributed by atoms with Crippen molar-refractivity contribution in [3.8, 4) is 0 Å². The predicted octanol–water partition coefficient (Wildman–Crippen LogP) is 3.59. The van der Waals surface area contributed by atoms with Crippen LogP contribution in [0, 0.1) is 6.92 Å². The van der Waals surface area contributed by atoms with Gasteiger partial charge in [0.25, 0.3) is 0 Å². The summed E-state index contributed by atoms with van der Waals surface area (Å²) in [7, 11) is 0. The molecule has 73 valence electrons. The summed E-state index contributed by atoms with van der Waals surface area (Å²) < 4.78 is 5.67. The number of rotatable bonds is 8. The van der Waals surface area contributed by atoms with Gasteiger partial charge in [0.2, 0.25) is 0 Å². The zero-order chi connectivity index (χ0) is 9.23. The number of hydrogen-bond donors (Lipinski definition) is 0. The number of unbranched alkanes of at least 4 members (excludes halogenated alkanes) is 2. The third-order valence-corrected chi connectivity index (χ3v) is 2.05. The lowest BCUT2D eigenvalue weighted by atomic mass is 10.1. The normalized spacial score (nSPS) is 13.2. The molecule has 1 atom stereocenters. The highest BCUT2D eigenvalue weighted by Crippen LogP contribution is 2.08. The molecule has 0 rings (SSSR count). The molecule has 1 radical (unpaired) electrons. The maximum atomic E-state index is 5.67. The van der Waals surface area contributed by atoms with Crippen molar-refractivity contribution in [2.75, 3.05) is 6.61 Å². The average Bonchev–Trinajstić information content (AvgIpc) is 2.11. The third kappa shape index (κ3) is 6.66. The standard InChI is InChI=1S/C11H23O/c1-4-7-9-11(6-3)12-10-8-5-2/h11H,3-10H2,1-2H3. The van der Waals surface area contributed by atoms with Gasteiger partial charge in [0.15, 0.2) is 0 Å². The second-order valence-corrected chi connectivity index (χ2v) is 3.28. The number of ether oxygens (including phenoxy) is 1. The largest absolute Gasteiger partial charge is 0.378 e. The van der Waals surface area contributed by atoms with Crippen LogP contribution >= 0.6 is 0 Å². The lowest BCUT2D eigenvalue weighted by Gasteiger charge is -2.14. The Morgan fingerprint density at radius 1 is 1.17 bits per heavy atom. The fourth-order valence-electron chi connectivity index (χ4n) is 1.14. The van der Waals surface area contributed by atoms with Gasteiger partial charge in [0, 0.05) is 6.61 Å². The highest BCUT2D eigenvalue weighted by Gasteiger charge is 2.04. The summed E-state index contributed by atoms with van der Waals surface area (Å²) in [5, 5.41) is 0. The molecule has 0 saturated heterocycles. The summed E-state index contributed by atoms with van der Waals surface area (Å²) in [5.41, 5.74) is 0. The van der Waals surface area contributed by atoms with Crippen molar-refractivity contribution in [2.24, 2.45) is 0 Å². The van der Waals surface area contributed by atoms with E-state index in [2.05, 4.69) is 20.8 Å². The van der Waals surface area contributed by atoms with Gasteiger partial charge in [-0.05, 0) is 19.3 Å². The minimum Gasteiger partial charge on any atom is -0.378 e. The van der Waals surface area contributed by atoms with Crippen molar-refractivity contribution in [3.63, 3.8) is 0 Å². The van der Waals surface area contributed by atoms with E-state index in [0.29, 0.717) is 6.10 Å². The van der Waals surface area contributed by atoms with Crippen LogP contribution in [0.25, 0.3) is 0 Å². The van der Waals surface area contributed by atoms with Crippen LogP contribution in [0.4, 0.5) is 0 Å². The first-order valence-corrected chi connectivity index (χ1v) is 5.26. The summed E-state index contributed by atoms with van der Waals surface area (Å²) in [5.74, 6) is 0. The quantitative estimate of drug-likeness (QED) is 0.507. The van der Waals surface area contributed by atoms with Gasteiger partial charge < -0.3 is 4.74 Å². The van der Waals surface area contributed by atoms with Crippen molar-refractivity contribution in [3.05, 3.63) is 6.92 Å². The van der Waals surface area contributed by atoms with Crippen molar-refractivity contribution in [1.29, 1.82) is 0 Å². The summed E-state index contributed by atoms with van der Waals surface area (Å²) in [6, 6.07) is 0. The molecule has 0 aromatic heterocycles. The molecule has 0 aliphatic carbocycles. The molecular formula is C11H23O. The maximum absolute atomic E-state index is 5.67. The second-order valence-electron chi connectivity index (χ2n) is 3.28. The average molecular weight is 171 g/mol. The van der Waals surface area contributed by atoms with Crippen LogP contribution < -0.4 is 0 Å². The molecule has 0 aromatic rings. The lowest BCUT2D eigenvalue weighted by Crippen LogP contribution is -2.12. The van der Waals surface area contributed by atoms with Gasteiger partial charge in [0.1, 0.15) is 0 Å². The highest BCUT2D eigenvalue weighted by atomic mass is 16.5.